The van der Waals surface area contributed by atoms with Crippen LogP contribution in [-0.2, 0) is 6.42 Å². The summed E-state index contributed by atoms with van der Waals surface area (Å²) in [7, 11) is 0. The number of nitrogens with one attached hydrogen (secondary N) is 1. The van der Waals surface area contributed by atoms with Crippen LogP contribution in [0, 0.1) is 0 Å². The van der Waals surface area contributed by atoms with E-state index in [1.165, 1.54) is 6.21 Å². The van der Waals surface area contributed by atoms with Gasteiger partial charge in [0.2, 0.25) is 0 Å². The molecular formula is C15H16N2O. The molecule has 2 aromatic rings. The molecule has 18 heavy (non-hydrogen) atoms. The van der Waals surface area contributed by atoms with Gasteiger partial charge in [-0.25, -0.2) is 0 Å². The van der Waals surface area contributed by atoms with Crippen molar-refractivity contribution in [3.63, 3.8) is 0 Å². The standard InChI is InChI=1S/C15H16N2O/c1-11(2)3-4-12-5-6-15-14(9-12)13(10-16-15)7-8-17-18/h3-6,8-10,16,18H,1,7H2,2H3/b4-3+,17-8-. The Morgan fingerprint density at radius 1 is 1.50 bits per heavy atom. The molecule has 0 unspecified atom stereocenters. The molecule has 0 atom stereocenters. The Labute approximate surface area is 106 Å². The van der Waals surface area contributed by atoms with E-state index in [-0.39, 0.29) is 0 Å². The van der Waals surface area contributed by atoms with Crippen LogP contribution in [0.5, 0.6) is 0 Å². The second-order valence-electron chi connectivity index (χ2n) is 4.30. The highest BCUT2D eigenvalue weighted by molar-refractivity contribution is 5.87. The first-order valence-corrected chi connectivity index (χ1v) is 5.80. The molecule has 3 nitrogen and oxygen atoms in total. The van der Waals surface area contributed by atoms with Crippen LogP contribution in [0.25, 0.3) is 17.0 Å². The number of allylic oxidation sites excluding steroid dienone is 2. The zero-order valence-electron chi connectivity index (χ0n) is 10.4. The van der Waals surface area contributed by atoms with E-state index in [0.29, 0.717) is 6.42 Å². The molecular weight excluding hydrogens is 224 g/mol. The van der Waals surface area contributed by atoms with Crippen molar-refractivity contribution in [1.82, 2.24) is 4.98 Å². The van der Waals surface area contributed by atoms with Crippen molar-refractivity contribution in [2.24, 2.45) is 5.16 Å². The SMILES string of the molecule is C=C(C)/C=C/c1ccc2[nH]cc(C/C=N\O)c2c1. The van der Waals surface area contributed by atoms with Crippen molar-refractivity contribution in [2.45, 2.75) is 13.3 Å². The number of hydrogen-bond acceptors (Lipinski definition) is 2. The molecule has 0 fully saturated rings. The molecule has 0 aliphatic heterocycles. The third-order valence-electron chi connectivity index (χ3n) is 2.74. The predicted octanol–water partition coefficient (Wildman–Crippen LogP) is 3.76. The van der Waals surface area contributed by atoms with E-state index in [4.69, 9.17) is 5.21 Å². The Hall–Kier alpha value is -2.29. The van der Waals surface area contributed by atoms with Crippen LogP contribution in [0.2, 0.25) is 0 Å². The van der Waals surface area contributed by atoms with E-state index >= 15 is 0 Å². The van der Waals surface area contributed by atoms with Crippen molar-refractivity contribution < 1.29 is 5.21 Å². The molecule has 3 heteroatoms. The summed E-state index contributed by atoms with van der Waals surface area (Å²) in [5.74, 6) is 0. The van der Waals surface area contributed by atoms with Crippen LogP contribution in [0.15, 0.2) is 47.8 Å². The lowest BCUT2D eigenvalue weighted by Crippen LogP contribution is -1.84. The number of hydrogen-bond donors (Lipinski definition) is 2. The molecule has 92 valence electrons. The Bertz CT molecular complexity index is 620. The first-order chi connectivity index (χ1) is 8.70. The largest absolute Gasteiger partial charge is 0.411 e. The summed E-state index contributed by atoms with van der Waals surface area (Å²) in [6.45, 7) is 5.81. The van der Waals surface area contributed by atoms with E-state index in [1.807, 2.05) is 31.3 Å². The first kappa shape index (κ1) is 12.2. The Balaban J connectivity index is 2.38. The Kier molecular flexibility index (Phi) is 3.63. The van der Waals surface area contributed by atoms with Gasteiger partial charge in [0.25, 0.3) is 0 Å². The third-order valence-corrected chi connectivity index (χ3v) is 2.74. The Morgan fingerprint density at radius 3 is 3.06 bits per heavy atom. The summed E-state index contributed by atoms with van der Waals surface area (Å²) in [4.78, 5) is 3.20. The topological polar surface area (TPSA) is 48.4 Å². The van der Waals surface area contributed by atoms with Gasteiger partial charge in [0.15, 0.2) is 0 Å². The van der Waals surface area contributed by atoms with E-state index in [2.05, 4.69) is 28.9 Å². The molecule has 0 spiro atoms. The van der Waals surface area contributed by atoms with Crippen molar-refractivity contribution in [3.8, 4) is 0 Å². The number of fused-ring (bicyclic) bond motifs is 1. The van der Waals surface area contributed by atoms with Crippen LogP contribution >= 0.6 is 0 Å². The molecule has 0 saturated heterocycles. The zero-order valence-corrected chi connectivity index (χ0v) is 10.4. The molecule has 0 aliphatic carbocycles. The van der Waals surface area contributed by atoms with E-state index < -0.39 is 0 Å². The fraction of sp³-hybridized carbons (Fsp3) is 0.133. The van der Waals surface area contributed by atoms with Gasteiger partial charge in [0.05, 0.1) is 0 Å². The lowest BCUT2D eigenvalue weighted by atomic mass is 10.1. The summed E-state index contributed by atoms with van der Waals surface area (Å²) < 4.78 is 0. The van der Waals surface area contributed by atoms with Crippen molar-refractivity contribution in [2.75, 3.05) is 0 Å². The van der Waals surface area contributed by atoms with Gasteiger partial charge in [-0.1, -0.05) is 30.4 Å². The highest BCUT2D eigenvalue weighted by Gasteiger charge is 2.02. The monoisotopic (exact) mass is 240 g/mol. The highest BCUT2D eigenvalue weighted by Crippen LogP contribution is 2.21. The average Bonchev–Trinajstić information content (AvgIpc) is 2.76. The molecule has 0 bridgehead atoms. The maximum Gasteiger partial charge on any atom is 0.0480 e. The average molecular weight is 240 g/mol. The molecule has 0 amide bonds. The summed E-state index contributed by atoms with van der Waals surface area (Å²) in [6.07, 6.45) is 8.07. The van der Waals surface area contributed by atoms with Crippen LogP contribution < -0.4 is 0 Å². The summed E-state index contributed by atoms with van der Waals surface area (Å²) >= 11 is 0. The molecule has 0 saturated carbocycles. The Morgan fingerprint density at radius 2 is 2.33 bits per heavy atom. The summed E-state index contributed by atoms with van der Waals surface area (Å²) in [5.41, 5.74) is 4.36. The normalized spacial score (nSPS) is 11.8. The van der Waals surface area contributed by atoms with Gasteiger partial charge in [-0.3, -0.25) is 0 Å². The molecule has 1 aromatic carbocycles. The fourth-order valence-electron chi connectivity index (χ4n) is 1.85. The number of aromatic amines is 1. The van der Waals surface area contributed by atoms with Gasteiger partial charge in [-0.2, -0.15) is 0 Å². The summed E-state index contributed by atoms with van der Waals surface area (Å²) in [5, 5.41) is 12.7. The van der Waals surface area contributed by atoms with Gasteiger partial charge in [0, 0.05) is 29.7 Å². The minimum Gasteiger partial charge on any atom is -0.411 e. The summed E-state index contributed by atoms with van der Waals surface area (Å²) in [6, 6.07) is 6.22. The second kappa shape index (κ2) is 5.36. The van der Waals surface area contributed by atoms with Crippen LogP contribution in [0.4, 0.5) is 0 Å². The maximum absolute atomic E-state index is 8.48. The molecule has 0 aliphatic rings. The zero-order chi connectivity index (χ0) is 13.0. The lowest BCUT2D eigenvalue weighted by Gasteiger charge is -1.97. The van der Waals surface area contributed by atoms with Crippen LogP contribution in [0.1, 0.15) is 18.1 Å². The first-order valence-electron chi connectivity index (χ1n) is 5.80. The number of aromatic nitrogens is 1. The third kappa shape index (κ3) is 2.69. The molecule has 2 N–H and O–H groups in total. The van der Waals surface area contributed by atoms with Gasteiger partial charge < -0.3 is 10.2 Å². The van der Waals surface area contributed by atoms with Crippen molar-refractivity contribution in [1.29, 1.82) is 0 Å². The predicted molar refractivity (Wildman–Crippen MR) is 76.1 cm³/mol. The lowest BCUT2D eigenvalue weighted by molar-refractivity contribution is 0.321. The minimum absolute atomic E-state index is 0.615. The fourth-order valence-corrected chi connectivity index (χ4v) is 1.85. The number of nitrogens with zero attached hydrogens (tertiary/aromatic N) is 1. The van der Waals surface area contributed by atoms with E-state index in [1.54, 1.807) is 0 Å². The van der Waals surface area contributed by atoms with Gasteiger partial charge in [0.1, 0.15) is 0 Å². The van der Waals surface area contributed by atoms with Crippen molar-refractivity contribution >= 4 is 23.2 Å². The minimum atomic E-state index is 0.615. The maximum atomic E-state index is 8.48. The molecule has 1 aromatic heterocycles. The van der Waals surface area contributed by atoms with Crippen LogP contribution in [-0.4, -0.2) is 16.4 Å². The van der Waals surface area contributed by atoms with Gasteiger partial charge in [-0.15, -0.1) is 5.16 Å². The molecule has 2 rings (SSSR count). The molecule has 1 heterocycles. The highest BCUT2D eigenvalue weighted by atomic mass is 16.4. The smallest absolute Gasteiger partial charge is 0.0480 e. The number of rotatable bonds is 4. The second-order valence-corrected chi connectivity index (χ2v) is 4.30. The number of H-pyrrole nitrogens is 1. The number of benzene rings is 1. The van der Waals surface area contributed by atoms with Gasteiger partial charge >= 0.3 is 0 Å². The molecule has 0 radical (unpaired) electrons. The van der Waals surface area contributed by atoms with Crippen molar-refractivity contribution in [3.05, 3.63) is 53.8 Å². The number of oxime groups is 1. The van der Waals surface area contributed by atoms with E-state index in [0.717, 1.165) is 27.6 Å². The quantitative estimate of drug-likeness (QED) is 0.363. The van der Waals surface area contributed by atoms with Crippen LogP contribution in [0.3, 0.4) is 0 Å². The van der Waals surface area contributed by atoms with Gasteiger partial charge in [-0.05, 0) is 30.2 Å². The van der Waals surface area contributed by atoms with E-state index in [9.17, 15) is 0 Å².